The highest BCUT2D eigenvalue weighted by Gasteiger charge is 2.09. The van der Waals surface area contributed by atoms with Gasteiger partial charge in [-0.3, -0.25) is 0 Å². The van der Waals surface area contributed by atoms with Crippen LogP contribution in [0.1, 0.15) is 11.5 Å². The van der Waals surface area contributed by atoms with Crippen molar-refractivity contribution in [2.75, 3.05) is 5.73 Å². The molecule has 0 aliphatic rings. The minimum absolute atomic E-state index is 0.146. The first-order valence-corrected chi connectivity index (χ1v) is 6.04. The number of hydrogen-bond acceptors (Lipinski definition) is 5. The van der Waals surface area contributed by atoms with E-state index in [2.05, 4.69) is 11.1 Å². The lowest BCUT2D eigenvalue weighted by Crippen LogP contribution is -1.97. The van der Waals surface area contributed by atoms with Crippen molar-refractivity contribution in [3.05, 3.63) is 53.9 Å². The van der Waals surface area contributed by atoms with Gasteiger partial charge in [0.25, 0.3) is 0 Å². The molecule has 3 aromatic rings. The summed E-state index contributed by atoms with van der Waals surface area (Å²) in [5, 5.41) is 8.98. The monoisotopic (exact) mass is 265 g/mol. The molecule has 1 heterocycles. The fraction of sp³-hybridized carbons (Fsp3) is 0.0667. The Morgan fingerprint density at radius 2 is 2.05 bits per heavy atom. The third-order valence-corrected chi connectivity index (χ3v) is 2.85. The summed E-state index contributed by atoms with van der Waals surface area (Å²) < 4.78 is 11.1. The molecule has 0 spiro atoms. The van der Waals surface area contributed by atoms with Crippen LogP contribution in [0.15, 0.2) is 46.9 Å². The summed E-state index contributed by atoms with van der Waals surface area (Å²) in [4.78, 5) is 4.28. The summed E-state index contributed by atoms with van der Waals surface area (Å²) in [5.74, 6) is 0.927. The quantitative estimate of drug-likeness (QED) is 0.736. The summed E-state index contributed by atoms with van der Waals surface area (Å²) in [5.41, 5.74) is 8.10. The zero-order valence-electron chi connectivity index (χ0n) is 10.5. The number of para-hydroxylation sites is 2. The molecule has 5 heteroatoms. The molecule has 0 aliphatic heterocycles. The molecule has 1 aromatic heterocycles. The van der Waals surface area contributed by atoms with Crippen molar-refractivity contribution in [3.63, 3.8) is 0 Å². The summed E-state index contributed by atoms with van der Waals surface area (Å²) in [6, 6.07) is 14.5. The third kappa shape index (κ3) is 2.15. The van der Waals surface area contributed by atoms with E-state index in [4.69, 9.17) is 20.1 Å². The average Bonchev–Trinajstić information content (AvgIpc) is 2.90. The Hall–Kier alpha value is -3.00. The Bertz CT molecular complexity index is 802. The van der Waals surface area contributed by atoms with Gasteiger partial charge in [-0.25, -0.2) is 4.98 Å². The molecule has 0 saturated carbocycles. The molecule has 0 atom stereocenters. The number of hydrogen-bond donors (Lipinski definition) is 1. The van der Waals surface area contributed by atoms with Crippen LogP contribution in [0.2, 0.25) is 0 Å². The van der Waals surface area contributed by atoms with Crippen molar-refractivity contribution >= 4 is 16.8 Å². The van der Waals surface area contributed by atoms with Crippen molar-refractivity contribution in [3.8, 4) is 11.8 Å². The van der Waals surface area contributed by atoms with E-state index in [1.807, 2.05) is 0 Å². The van der Waals surface area contributed by atoms with E-state index in [0.29, 0.717) is 34.0 Å². The number of aromatic nitrogens is 1. The molecule has 0 bridgehead atoms. The highest BCUT2D eigenvalue weighted by molar-refractivity contribution is 5.85. The van der Waals surface area contributed by atoms with Crippen molar-refractivity contribution in [1.29, 1.82) is 5.26 Å². The van der Waals surface area contributed by atoms with Gasteiger partial charge in [-0.1, -0.05) is 18.2 Å². The van der Waals surface area contributed by atoms with Gasteiger partial charge < -0.3 is 14.9 Å². The number of fused-ring (bicyclic) bond motifs is 1. The van der Waals surface area contributed by atoms with Crippen LogP contribution < -0.4 is 10.5 Å². The van der Waals surface area contributed by atoms with E-state index >= 15 is 0 Å². The topological polar surface area (TPSA) is 85.1 Å². The van der Waals surface area contributed by atoms with Crippen LogP contribution in [-0.2, 0) is 6.61 Å². The van der Waals surface area contributed by atoms with Crippen LogP contribution >= 0.6 is 0 Å². The number of nitrogen functional groups attached to an aromatic ring is 1. The maximum atomic E-state index is 8.98. The van der Waals surface area contributed by atoms with Gasteiger partial charge in [0, 0.05) is 0 Å². The summed E-state index contributed by atoms with van der Waals surface area (Å²) in [6.45, 7) is 0.146. The molecule has 0 saturated heterocycles. The standard InChI is InChI=1S/C15H11N3O2/c16-8-10-4-1-2-6-12(10)19-9-14-18-15-11(17)5-3-7-13(15)20-14/h1-7H,9,17H2. The molecule has 3 rings (SSSR count). The Kier molecular flexibility index (Phi) is 2.98. The van der Waals surface area contributed by atoms with E-state index in [1.54, 1.807) is 42.5 Å². The average molecular weight is 265 g/mol. The Morgan fingerprint density at radius 3 is 2.85 bits per heavy atom. The molecule has 5 nitrogen and oxygen atoms in total. The Balaban J connectivity index is 1.84. The van der Waals surface area contributed by atoms with Gasteiger partial charge >= 0.3 is 0 Å². The number of nitrogens with zero attached hydrogens (tertiary/aromatic N) is 2. The van der Waals surface area contributed by atoms with Gasteiger partial charge in [-0.05, 0) is 24.3 Å². The Labute approximate surface area is 115 Å². The molecular formula is C15H11N3O2. The second-order valence-electron chi connectivity index (χ2n) is 4.20. The number of anilines is 1. The number of ether oxygens (including phenoxy) is 1. The maximum Gasteiger partial charge on any atom is 0.233 e. The number of nitrogens with two attached hydrogens (primary N) is 1. The van der Waals surface area contributed by atoms with Gasteiger partial charge in [0.2, 0.25) is 5.89 Å². The molecule has 0 unspecified atom stereocenters. The second kappa shape index (κ2) is 4.94. The molecule has 0 aliphatic carbocycles. The van der Waals surface area contributed by atoms with Crippen LogP contribution in [-0.4, -0.2) is 4.98 Å². The first kappa shape index (κ1) is 12.1. The van der Waals surface area contributed by atoms with Crippen LogP contribution in [0.3, 0.4) is 0 Å². The van der Waals surface area contributed by atoms with Gasteiger partial charge in [0.05, 0.1) is 11.3 Å². The highest BCUT2D eigenvalue weighted by Crippen LogP contribution is 2.23. The molecule has 2 N–H and O–H groups in total. The summed E-state index contributed by atoms with van der Waals surface area (Å²) in [6.07, 6.45) is 0. The molecule has 0 radical (unpaired) electrons. The normalized spacial score (nSPS) is 10.3. The zero-order chi connectivity index (χ0) is 13.9. The largest absolute Gasteiger partial charge is 0.482 e. The van der Waals surface area contributed by atoms with Gasteiger partial charge in [0.1, 0.15) is 17.3 Å². The number of rotatable bonds is 3. The van der Waals surface area contributed by atoms with Gasteiger partial charge in [-0.15, -0.1) is 0 Å². The minimum atomic E-state index is 0.146. The smallest absolute Gasteiger partial charge is 0.233 e. The fourth-order valence-corrected chi connectivity index (χ4v) is 1.90. The predicted octanol–water partition coefficient (Wildman–Crippen LogP) is 2.86. The van der Waals surface area contributed by atoms with Gasteiger partial charge in [0.15, 0.2) is 12.2 Å². The van der Waals surface area contributed by atoms with Crippen molar-refractivity contribution in [2.45, 2.75) is 6.61 Å². The molecule has 0 amide bonds. The van der Waals surface area contributed by atoms with Crippen LogP contribution in [0, 0.1) is 11.3 Å². The maximum absolute atomic E-state index is 8.98. The predicted molar refractivity (Wildman–Crippen MR) is 73.9 cm³/mol. The zero-order valence-corrected chi connectivity index (χ0v) is 10.5. The molecular weight excluding hydrogens is 254 g/mol. The Morgan fingerprint density at radius 1 is 1.20 bits per heavy atom. The minimum Gasteiger partial charge on any atom is -0.482 e. The van der Waals surface area contributed by atoms with Gasteiger partial charge in [-0.2, -0.15) is 5.26 Å². The number of benzene rings is 2. The van der Waals surface area contributed by atoms with Crippen LogP contribution in [0.5, 0.6) is 5.75 Å². The molecule has 2 aromatic carbocycles. The second-order valence-corrected chi connectivity index (χ2v) is 4.20. The van der Waals surface area contributed by atoms with E-state index in [1.165, 1.54) is 0 Å². The molecule has 98 valence electrons. The van der Waals surface area contributed by atoms with Crippen molar-refractivity contribution < 1.29 is 9.15 Å². The van der Waals surface area contributed by atoms with Crippen LogP contribution in [0.25, 0.3) is 11.1 Å². The third-order valence-electron chi connectivity index (χ3n) is 2.85. The lowest BCUT2D eigenvalue weighted by molar-refractivity contribution is 0.266. The molecule has 20 heavy (non-hydrogen) atoms. The number of nitriles is 1. The van der Waals surface area contributed by atoms with Crippen molar-refractivity contribution in [1.82, 2.24) is 4.98 Å². The lowest BCUT2D eigenvalue weighted by Gasteiger charge is -2.04. The first-order chi connectivity index (χ1) is 9.78. The fourth-order valence-electron chi connectivity index (χ4n) is 1.90. The first-order valence-electron chi connectivity index (χ1n) is 6.04. The number of oxazole rings is 1. The lowest BCUT2D eigenvalue weighted by atomic mass is 10.2. The SMILES string of the molecule is N#Cc1ccccc1OCc1nc2c(N)cccc2o1. The van der Waals surface area contributed by atoms with Crippen LogP contribution in [0.4, 0.5) is 5.69 Å². The van der Waals surface area contributed by atoms with E-state index in [0.717, 1.165) is 0 Å². The summed E-state index contributed by atoms with van der Waals surface area (Å²) >= 11 is 0. The highest BCUT2D eigenvalue weighted by atomic mass is 16.5. The summed E-state index contributed by atoms with van der Waals surface area (Å²) in [7, 11) is 0. The molecule has 0 fully saturated rings. The van der Waals surface area contributed by atoms with E-state index in [9.17, 15) is 0 Å². The van der Waals surface area contributed by atoms with Crippen molar-refractivity contribution in [2.24, 2.45) is 0 Å². The van der Waals surface area contributed by atoms with E-state index < -0.39 is 0 Å². The van der Waals surface area contributed by atoms with E-state index in [-0.39, 0.29) is 6.61 Å².